The number of hydrogen-bond acceptors (Lipinski definition) is 4. The molecule has 0 aliphatic carbocycles. The quantitative estimate of drug-likeness (QED) is 0.706. The van der Waals surface area contributed by atoms with Crippen LogP contribution >= 0.6 is 23.4 Å². The van der Waals surface area contributed by atoms with Crippen molar-refractivity contribution >= 4 is 40.6 Å². The fraction of sp³-hybridized carbons (Fsp3) is 0.462. The van der Waals surface area contributed by atoms with Crippen molar-refractivity contribution in [2.75, 3.05) is 23.4 Å². The normalized spacial score (nSPS) is 13.9. The summed E-state index contributed by atoms with van der Waals surface area (Å²) in [4.78, 5) is 12.0. The molecule has 1 aromatic carbocycles. The minimum atomic E-state index is -0.206. The molecule has 1 aromatic rings. The van der Waals surface area contributed by atoms with E-state index in [-0.39, 0.29) is 23.7 Å². The van der Waals surface area contributed by atoms with E-state index >= 15 is 0 Å². The molecule has 0 saturated carbocycles. The zero-order chi connectivity index (χ0) is 14.4. The molecule has 2 unspecified atom stereocenters. The van der Waals surface area contributed by atoms with Crippen LogP contribution in [0.25, 0.3) is 0 Å². The Hall–Kier alpha value is -0.910. The molecule has 0 aliphatic heterocycles. The van der Waals surface area contributed by atoms with Gasteiger partial charge in [0, 0.05) is 12.3 Å². The van der Waals surface area contributed by atoms with Gasteiger partial charge in [-0.2, -0.15) is 0 Å². The van der Waals surface area contributed by atoms with E-state index in [4.69, 9.17) is 22.4 Å². The maximum atomic E-state index is 12.0. The van der Waals surface area contributed by atoms with Gasteiger partial charge in [-0.25, -0.2) is 0 Å². The highest BCUT2D eigenvalue weighted by molar-refractivity contribution is 8.00. The molecule has 4 nitrogen and oxygen atoms in total. The van der Waals surface area contributed by atoms with E-state index < -0.39 is 0 Å². The lowest BCUT2D eigenvalue weighted by molar-refractivity contribution is -0.115. The van der Waals surface area contributed by atoms with E-state index in [0.29, 0.717) is 16.4 Å². The first-order valence-corrected chi connectivity index (χ1v) is 7.45. The van der Waals surface area contributed by atoms with Crippen molar-refractivity contribution in [3.63, 3.8) is 0 Å². The molecule has 19 heavy (non-hydrogen) atoms. The SMILES string of the molecule is CC(CO)CSC(C)C(=O)Nc1ccc(N)cc1Cl. The molecule has 0 bridgehead atoms. The van der Waals surface area contributed by atoms with Crippen LogP contribution in [0.4, 0.5) is 11.4 Å². The maximum Gasteiger partial charge on any atom is 0.237 e. The number of nitrogens with one attached hydrogen (secondary N) is 1. The monoisotopic (exact) mass is 302 g/mol. The Morgan fingerprint density at radius 3 is 2.79 bits per heavy atom. The Kier molecular flexibility index (Phi) is 6.48. The van der Waals surface area contributed by atoms with Crippen LogP contribution in [0.5, 0.6) is 0 Å². The fourth-order valence-electron chi connectivity index (χ4n) is 1.30. The predicted molar refractivity (Wildman–Crippen MR) is 82.7 cm³/mol. The summed E-state index contributed by atoms with van der Waals surface area (Å²) in [5, 5.41) is 11.9. The lowest BCUT2D eigenvalue weighted by atomic mass is 10.2. The number of carbonyl (C=O) groups is 1. The molecular weight excluding hydrogens is 284 g/mol. The first kappa shape index (κ1) is 16.1. The van der Waals surface area contributed by atoms with Gasteiger partial charge in [-0.15, -0.1) is 11.8 Å². The summed E-state index contributed by atoms with van der Waals surface area (Å²) in [6.45, 7) is 3.90. The van der Waals surface area contributed by atoms with Gasteiger partial charge in [-0.3, -0.25) is 4.79 Å². The molecule has 0 aliphatic rings. The molecule has 6 heteroatoms. The molecule has 1 amide bonds. The van der Waals surface area contributed by atoms with E-state index in [0.717, 1.165) is 5.75 Å². The Morgan fingerprint density at radius 1 is 1.53 bits per heavy atom. The standard InChI is InChI=1S/C13H19ClN2O2S/c1-8(6-17)7-19-9(2)13(18)16-12-4-3-10(15)5-11(12)14/h3-5,8-9,17H,6-7,15H2,1-2H3,(H,16,18). The first-order chi connectivity index (χ1) is 8.93. The number of hydrogen-bond donors (Lipinski definition) is 3. The summed E-state index contributed by atoms with van der Waals surface area (Å²) >= 11 is 7.50. The zero-order valence-electron chi connectivity index (χ0n) is 11.0. The molecule has 0 fully saturated rings. The average molecular weight is 303 g/mol. The van der Waals surface area contributed by atoms with Crippen molar-refractivity contribution in [1.29, 1.82) is 0 Å². The van der Waals surface area contributed by atoms with Gasteiger partial charge in [0.05, 0.1) is 16.0 Å². The van der Waals surface area contributed by atoms with Gasteiger partial charge in [0.15, 0.2) is 0 Å². The van der Waals surface area contributed by atoms with Crippen LogP contribution in [-0.4, -0.2) is 28.6 Å². The van der Waals surface area contributed by atoms with E-state index in [9.17, 15) is 4.79 Å². The second kappa shape index (κ2) is 7.62. The Bertz CT molecular complexity index is 443. The fourth-order valence-corrected chi connectivity index (χ4v) is 2.47. The largest absolute Gasteiger partial charge is 0.399 e. The average Bonchev–Trinajstić information content (AvgIpc) is 2.38. The number of benzene rings is 1. The molecule has 0 heterocycles. The molecule has 1 rings (SSSR count). The van der Waals surface area contributed by atoms with E-state index in [2.05, 4.69) is 5.32 Å². The number of thioether (sulfide) groups is 1. The summed E-state index contributed by atoms with van der Waals surface area (Å²) in [6.07, 6.45) is 0. The van der Waals surface area contributed by atoms with Gasteiger partial charge in [0.25, 0.3) is 0 Å². The highest BCUT2D eigenvalue weighted by atomic mass is 35.5. The Balaban J connectivity index is 2.54. The van der Waals surface area contributed by atoms with Gasteiger partial charge in [0.2, 0.25) is 5.91 Å². The number of carbonyl (C=O) groups excluding carboxylic acids is 1. The van der Waals surface area contributed by atoms with Crippen molar-refractivity contribution in [3.8, 4) is 0 Å². The van der Waals surface area contributed by atoms with Crippen molar-refractivity contribution < 1.29 is 9.90 Å². The van der Waals surface area contributed by atoms with Crippen LogP contribution in [-0.2, 0) is 4.79 Å². The second-order valence-corrected chi connectivity index (χ2v) is 6.27. The van der Waals surface area contributed by atoms with Crippen LogP contribution in [0.2, 0.25) is 5.02 Å². The van der Waals surface area contributed by atoms with Crippen LogP contribution in [0.1, 0.15) is 13.8 Å². The number of amides is 1. The Labute approximate surface area is 122 Å². The smallest absolute Gasteiger partial charge is 0.237 e. The van der Waals surface area contributed by atoms with Crippen molar-refractivity contribution in [1.82, 2.24) is 0 Å². The van der Waals surface area contributed by atoms with E-state index in [1.54, 1.807) is 18.2 Å². The van der Waals surface area contributed by atoms with Crippen LogP contribution in [0.15, 0.2) is 18.2 Å². The molecular formula is C13H19ClN2O2S. The molecule has 0 radical (unpaired) electrons. The predicted octanol–water partition coefficient (Wildman–Crippen LogP) is 2.61. The van der Waals surface area contributed by atoms with Gasteiger partial charge in [-0.1, -0.05) is 18.5 Å². The number of halogens is 1. The van der Waals surface area contributed by atoms with Gasteiger partial charge < -0.3 is 16.2 Å². The molecule has 0 aromatic heterocycles. The number of nitrogens with two attached hydrogens (primary N) is 1. The zero-order valence-corrected chi connectivity index (χ0v) is 12.6. The van der Waals surface area contributed by atoms with Gasteiger partial charge >= 0.3 is 0 Å². The van der Waals surface area contributed by atoms with Gasteiger partial charge in [-0.05, 0) is 36.8 Å². The molecule has 106 valence electrons. The number of nitrogen functional groups attached to an aromatic ring is 1. The minimum Gasteiger partial charge on any atom is -0.399 e. The van der Waals surface area contributed by atoms with Crippen LogP contribution < -0.4 is 11.1 Å². The molecule has 0 saturated heterocycles. The molecule has 2 atom stereocenters. The third-order valence-electron chi connectivity index (χ3n) is 2.56. The summed E-state index contributed by atoms with van der Waals surface area (Å²) in [7, 11) is 0. The first-order valence-electron chi connectivity index (χ1n) is 6.02. The lowest BCUT2D eigenvalue weighted by Crippen LogP contribution is -2.24. The van der Waals surface area contributed by atoms with E-state index in [1.165, 1.54) is 11.8 Å². The van der Waals surface area contributed by atoms with E-state index in [1.807, 2.05) is 13.8 Å². The topological polar surface area (TPSA) is 75.3 Å². The third kappa shape index (κ3) is 5.30. The number of aliphatic hydroxyl groups is 1. The second-order valence-electron chi connectivity index (χ2n) is 4.49. The summed E-state index contributed by atoms with van der Waals surface area (Å²) in [5.41, 5.74) is 6.71. The highest BCUT2D eigenvalue weighted by Crippen LogP contribution is 2.25. The molecule has 0 spiro atoms. The maximum absolute atomic E-state index is 12.0. The third-order valence-corrected chi connectivity index (χ3v) is 4.35. The number of anilines is 2. The van der Waals surface area contributed by atoms with Crippen LogP contribution in [0.3, 0.4) is 0 Å². The Morgan fingerprint density at radius 2 is 2.21 bits per heavy atom. The van der Waals surface area contributed by atoms with Gasteiger partial charge in [0.1, 0.15) is 0 Å². The van der Waals surface area contributed by atoms with Crippen molar-refractivity contribution in [2.24, 2.45) is 5.92 Å². The number of aliphatic hydroxyl groups excluding tert-OH is 1. The van der Waals surface area contributed by atoms with Crippen LogP contribution in [0, 0.1) is 5.92 Å². The highest BCUT2D eigenvalue weighted by Gasteiger charge is 2.16. The van der Waals surface area contributed by atoms with Crippen molar-refractivity contribution in [2.45, 2.75) is 19.1 Å². The minimum absolute atomic E-state index is 0.109. The number of rotatable bonds is 6. The summed E-state index contributed by atoms with van der Waals surface area (Å²) < 4.78 is 0. The summed E-state index contributed by atoms with van der Waals surface area (Å²) in [5.74, 6) is 0.808. The lowest BCUT2D eigenvalue weighted by Gasteiger charge is -2.15. The van der Waals surface area contributed by atoms with Crippen molar-refractivity contribution in [3.05, 3.63) is 23.2 Å². The summed E-state index contributed by atoms with van der Waals surface area (Å²) in [6, 6.07) is 4.97. The molecule has 4 N–H and O–H groups in total.